The number of hydrogen-bond acceptors (Lipinski definition) is 5. The summed E-state index contributed by atoms with van der Waals surface area (Å²) in [6.07, 6.45) is 5.14. The van der Waals surface area contributed by atoms with Gasteiger partial charge < -0.3 is 9.26 Å². The summed E-state index contributed by atoms with van der Waals surface area (Å²) >= 11 is 0. The van der Waals surface area contributed by atoms with E-state index in [0.717, 1.165) is 24.3 Å². The number of rotatable bonds is 3. The van der Waals surface area contributed by atoms with Crippen molar-refractivity contribution in [3.05, 3.63) is 59.6 Å². The molecular formula is C19H17N3O2. The second kappa shape index (κ2) is 4.90. The molecule has 5 rings (SSSR count). The lowest BCUT2D eigenvalue weighted by atomic mass is 9.95. The molecule has 24 heavy (non-hydrogen) atoms. The highest BCUT2D eigenvalue weighted by Gasteiger charge is 2.61. The summed E-state index contributed by atoms with van der Waals surface area (Å²) in [5, 5.41) is 4.15. The summed E-state index contributed by atoms with van der Waals surface area (Å²) in [7, 11) is 1.60. The molecule has 2 aromatic heterocycles. The molecule has 2 aliphatic carbocycles. The first-order valence-corrected chi connectivity index (χ1v) is 8.22. The van der Waals surface area contributed by atoms with Crippen LogP contribution in [0.1, 0.15) is 35.8 Å². The summed E-state index contributed by atoms with van der Waals surface area (Å²) in [5.41, 5.74) is 4.01. The monoisotopic (exact) mass is 319 g/mol. The summed E-state index contributed by atoms with van der Waals surface area (Å²) in [6.45, 7) is 0. The van der Waals surface area contributed by atoms with Crippen LogP contribution in [0.25, 0.3) is 11.4 Å². The van der Waals surface area contributed by atoms with Crippen LogP contribution in [0.5, 0.6) is 5.88 Å². The van der Waals surface area contributed by atoms with Gasteiger partial charge in [0.25, 0.3) is 0 Å². The van der Waals surface area contributed by atoms with Crippen LogP contribution >= 0.6 is 0 Å². The topological polar surface area (TPSA) is 61.0 Å². The highest BCUT2D eigenvalue weighted by molar-refractivity contribution is 5.54. The Hall–Kier alpha value is -2.69. The highest BCUT2D eigenvalue weighted by Crippen LogP contribution is 2.66. The van der Waals surface area contributed by atoms with E-state index in [-0.39, 0.29) is 5.41 Å². The Morgan fingerprint density at radius 3 is 2.96 bits per heavy atom. The minimum atomic E-state index is 0.221. The Morgan fingerprint density at radius 2 is 2.12 bits per heavy atom. The van der Waals surface area contributed by atoms with Gasteiger partial charge in [0.05, 0.1) is 7.11 Å². The Bertz CT molecular complexity index is 903. The molecule has 2 aliphatic rings. The van der Waals surface area contributed by atoms with Gasteiger partial charge in [-0.15, -0.1) is 0 Å². The van der Waals surface area contributed by atoms with Gasteiger partial charge in [-0.25, -0.2) is 4.98 Å². The van der Waals surface area contributed by atoms with E-state index in [9.17, 15) is 0 Å². The van der Waals surface area contributed by atoms with Gasteiger partial charge >= 0.3 is 0 Å². The number of nitrogens with zero attached hydrogens (tertiary/aromatic N) is 3. The van der Waals surface area contributed by atoms with Crippen molar-refractivity contribution in [2.45, 2.75) is 30.6 Å². The van der Waals surface area contributed by atoms with Gasteiger partial charge in [0.1, 0.15) is 0 Å². The maximum Gasteiger partial charge on any atom is 0.231 e. The van der Waals surface area contributed by atoms with Gasteiger partial charge in [-0.1, -0.05) is 29.4 Å². The molecule has 5 heteroatoms. The lowest BCUT2D eigenvalue weighted by molar-refractivity contribution is 0.372. The van der Waals surface area contributed by atoms with E-state index in [1.165, 1.54) is 17.5 Å². The Kier molecular flexibility index (Phi) is 2.80. The van der Waals surface area contributed by atoms with Gasteiger partial charge in [0.2, 0.25) is 17.6 Å². The molecule has 1 fully saturated rings. The van der Waals surface area contributed by atoms with Gasteiger partial charge in [-0.05, 0) is 36.5 Å². The van der Waals surface area contributed by atoms with Crippen molar-refractivity contribution in [2.75, 3.05) is 7.11 Å². The molecule has 1 spiro atoms. The van der Waals surface area contributed by atoms with Crippen molar-refractivity contribution in [1.29, 1.82) is 0 Å². The minimum Gasteiger partial charge on any atom is -0.481 e. The van der Waals surface area contributed by atoms with Crippen molar-refractivity contribution in [3.63, 3.8) is 0 Å². The fraction of sp³-hybridized carbons (Fsp3) is 0.316. The van der Waals surface area contributed by atoms with Crippen LogP contribution in [0.15, 0.2) is 47.1 Å². The van der Waals surface area contributed by atoms with Gasteiger partial charge in [0, 0.05) is 29.2 Å². The molecule has 0 bridgehead atoms. The summed E-state index contributed by atoms with van der Waals surface area (Å²) < 4.78 is 10.7. The molecule has 2 atom stereocenters. The van der Waals surface area contributed by atoms with E-state index in [1.54, 1.807) is 19.4 Å². The number of pyridine rings is 1. The summed E-state index contributed by atoms with van der Waals surface area (Å²) in [6, 6.07) is 12.4. The smallest absolute Gasteiger partial charge is 0.231 e. The molecule has 1 aromatic carbocycles. The molecule has 0 radical (unpaired) electrons. The molecular weight excluding hydrogens is 302 g/mol. The maximum atomic E-state index is 5.58. The second-order valence-electron chi connectivity index (χ2n) is 6.62. The van der Waals surface area contributed by atoms with E-state index in [2.05, 4.69) is 39.4 Å². The molecule has 5 nitrogen and oxygen atoms in total. The van der Waals surface area contributed by atoms with Crippen LogP contribution in [-0.4, -0.2) is 22.2 Å². The van der Waals surface area contributed by atoms with Crippen LogP contribution in [0.4, 0.5) is 0 Å². The van der Waals surface area contributed by atoms with Crippen molar-refractivity contribution in [2.24, 2.45) is 0 Å². The summed E-state index contributed by atoms with van der Waals surface area (Å²) in [5.74, 6) is 2.26. The van der Waals surface area contributed by atoms with E-state index in [1.807, 2.05) is 6.07 Å². The average molecular weight is 319 g/mol. The molecule has 120 valence electrons. The first-order valence-electron chi connectivity index (χ1n) is 8.22. The largest absolute Gasteiger partial charge is 0.481 e. The fourth-order valence-electron chi connectivity index (χ4n) is 4.05. The quantitative estimate of drug-likeness (QED) is 0.739. The predicted molar refractivity (Wildman–Crippen MR) is 87.9 cm³/mol. The number of aromatic nitrogens is 3. The van der Waals surface area contributed by atoms with Gasteiger partial charge in [0.15, 0.2) is 0 Å². The zero-order valence-electron chi connectivity index (χ0n) is 13.4. The van der Waals surface area contributed by atoms with E-state index < -0.39 is 0 Å². The molecule has 2 unspecified atom stereocenters. The normalized spacial score (nSPS) is 24.1. The number of ether oxygens (including phenoxy) is 1. The van der Waals surface area contributed by atoms with Crippen LogP contribution in [-0.2, 0) is 11.8 Å². The first kappa shape index (κ1) is 13.7. The Labute approximate surface area is 139 Å². The summed E-state index contributed by atoms with van der Waals surface area (Å²) in [4.78, 5) is 8.83. The number of benzene rings is 1. The molecule has 3 aromatic rings. The molecule has 0 aliphatic heterocycles. The van der Waals surface area contributed by atoms with Crippen LogP contribution in [0, 0.1) is 0 Å². The van der Waals surface area contributed by atoms with Crippen molar-refractivity contribution < 1.29 is 9.26 Å². The van der Waals surface area contributed by atoms with E-state index >= 15 is 0 Å². The highest BCUT2D eigenvalue weighted by atomic mass is 16.5. The average Bonchev–Trinajstić information content (AvgIpc) is 2.99. The van der Waals surface area contributed by atoms with Crippen molar-refractivity contribution in [1.82, 2.24) is 15.1 Å². The number of methoxy groups -OCH3 is 1. The molecule has 0 amide bonds. The second-order valence-corrected chi connectivity index (χ2v) is 6.62. The number of aryl methyl sites for hydroxylation is 1. The molecule has 0 saturated heterocycles. The molecule has 2 heterocycles. The van der Waals surface area contributed by atoms with Crippen LogP contribution in [0.2, 0.25) is 0 Å². The lowest BCUT2D eigenvalue weighted by Crippen LogP contribution is -2.04. The van der Waals surface area contributed by atoms with Gasteiger partial charge in [-0.3, -0.25) is 0 Å². The fourth-order valence-corrected chi connectivity index (χ4v) is 4.05. The Balaban J connectivity index is 1.43. The first-order chi connectivity index (χ1) is 11.8. The zero-order valence-corrected chi connectivity index (χ0v) is 13.4. The lowest BCUT2D eigenvalue weighted by Gasteiger charge is -2.08. The standard InChI is InChI=1S/C19H17N3O2/c1-23-16-7-6-13(11-20-16)17-21-18(24-22-17)15-10-19(15)9-8-12-4-2-3-5-14(12)19/h2-7,11,15H,8-10H2,1H3. The van der Waals surface area contributed by atoms with E-state index in [4.69, 9.17) is 9.26 Å². The third kappa shape index (κ3) is 1.90. The third-order valence-electron chi connectivity index (χ3n) is 5.41. The van der Waals surface area contributed by atoms with Crippen LogP contribution < -0.4 is 4.74 Å². The van der Waals surface area contributed by atoms with Crippen LogP contribution in [0.3, 0.4) is 0 Å². The van der Waals surface area contributed by atoms with Gasteiger partial charge in [-0.2, -0.15) is 4.98 Å². The van der Waals surface area contributed by atoms with Crippen molar-refractivity contribution >= 4 is 0 Å². The number of hydrogen-bond donors (Lipinski definition) is 0. The maximum absolute atomic E-state index is 5.58. The Morgan fingerprint density at radius 1 is 1.21 bits per heavy atom. The molecule has 1 saturated carbocycles. The van der Waals surface area contributed by atoms with Crippen molar-refractivity contribution in [3.8, 4) is 17.3 Å². The predicted octanol–water partition coefficient (Wildman–Crippen LogP) is 3.51. The zero-order chi connectivity index (χ0) is 16.1. The number of fused-ring (bicyclic) bond motifs is 2. The minimum absolute atomic E-state index is 0.221. The molecule has 0 N–H and O–H groups in total. The van der Waals surface area contributed by atoms with E-state index in [0.29, 0.717) is 17.6 Å². The third-order valence-corrected chi connectivity index (χ3v) is 5.41. The SMILES string of the molecule is COc1ccc(-c2noc(C3CC34CCc3ccccc34)n2)cn1.